The van der Waals surface area contributed by atoms with Crippen LogP contribution in [0.2, 0.25) is 0 Å². The van der Waals surface area contributed by atoms with E-state index in [1.54, 1.807) is 0 Å². The summed E-state index contributed by atoms with van der Waals surface area (Å²) in [6.45, 7) is 7.10. The van der Waals surface area contributed by atoms with Gasteiger partial charge in [-0.2, -0.15) is 0 Å². The fraction of sp³-hybridized carbons (Fsp3) is 1.00. The molecule has 0 spiro atoms. The second-order valence-corrected chi connectivity index (χ2v) is 10.5. The van der Waals surface area contributed by atoms with E-state index in [-0.39, 0.29) is 0 Å². The first-order valence-electron chi connectivity index (χ1n) is 4.22. The van der Waals surface area contributed by atoms with Gasteiger partial charge in [0.05, 0.1) is 0 Å². The van der Waals surface area contributed by atoms with Crippen molar-refractivity contribution in [2.24, 2.45) is 11.3 Å². The molecule has 0 aliphatic carbocycles. The third-order valence-electron chi connectivity index (χ3n) is 2.26. The van der Waals surface area contributed by atoms with Crippen LogP contribution in [0.25, 0.3) is 0 Å². The van der Waals surface area contributed by atoms with Crippen LogP contribution in [0.15, 0.2) is 0 Å². The van der Waals surface area contributed by atoms with Gasteiger partial charge >= 0.3 is 94.3 Å². The summed E-state index contributed by atoms with van der Waals surface area (Å²) in [5, 5.41) is 0. The Hall–Kier alpha value is 1.65. The standard InChI is InChI=1S/C8H17PS2Se/c1-8(2,3)6-4-10-7(9-12)11-5-6/h6-7H,4-5,9H2,1-3H3. The van der Waals surface area contributed by atoms with E-state index >= 15 is 0 Å². The fourth-order valence-electron chi connectivity index (χ4n) is 1.10. The molecule has 0 bridgehead atoms. The van der Waals surface area contributed by atoms with E-state index in [1.807, 2.05) is 0 Å². The minimum absolute atomic E-state index is 0.512. The van der Waals surface area contributed by atoms with Gasteiger partial charge in [0.25, 0.3) is 0 Å². The summed E-state index contributed by atoms with van der Waals surface area (Å²) in [6, 6.07) is 0. The van der Waals surface area contributed by atoms with Crippen LogP contribution in [0.4, 0.5) is 0 Å². The summed E-state index contributed by atoms with van der Waals surface area (Å²) < 4.78 is 0.906. The predicted molar refractivity (Wildman–Crippen MR) is 67.1 cm³/mol. The van der Waals surface area contributed by atoms with Gasteiger partial charge in [-0.05, 0) is 0 Å². The molecule has 0 saturated carbocycles. The van der Waals surface area contributed by atoms with Gasteiger partial charge < -0.3 is 0 Å². The van der Waals surface area contributed by atoms with Crippen molar-refractivity contribution < 1.29 is 0 Å². The van der Waals surface area contributed by atoms with Crippen molar-refractivity contribution >= 4 is 46.4 Å². The zero-order valence-electron chi connectivity index (χ0n) is 7.87. The Balaban J connectivity index is 2.36. The molecule has 1 heterocycles. The molecule has 1 aliphatic heterocycles. The average molecular weight is 287 g/mol. The number of thioether (sulfide) groups is 2. The summed E-state index contributed by atoms with van der Waals surface area (Å²) in [5.74, 6) is 3.65. The van der Waals surface area contributed by atoms with Crippen LogP contribution in [0.3, 0.4) is 0 Å². The summed E-state index contributed by atoms with van der Waals surface area (Å²) in [5.41, 5.74) is 0.512. The van der Waals surface area contributed by atoms with E-state index in [4.69, 9.17) is 0 Å². The molecule has 1 aliphatic rings. The van der Waals surface area contributed by atoms with Gasteiger partial charge in [-0.3, -0.25) is 0 Å². The van der Waals surface area contributed by atoms with E-state index in [2.05, 4.69) is 59.9 Å². The first-order chi connectivity index (χ1) is 5.54. The van der Waals surface area contributed by atoms with E-state index in [0.29, 0.717) is 12.7 Å². The topological polar surface area (TPSA) is 0 Å². The molecule has 0 radical (unpaired) electrons. The first-order valence-corrected chi connectivity index (χ1v) is 10.4. The molecule has 0 aromatic rings. The van der Waals surface area contributed by atoms with Crippen LogP contribution in [0.1, 0.15) is 20.8 Å². The first kappa shape index (κ1) is 11.7. The van der Waals surface area contributed by atoms with Crippen molar-refractivity contribution in [3.05, 3.63) is 0 Å². The summed E-state index contributed by atoms with van der Waals surface area (Å²) in [7, 11) is 0.542. The molecule has 12 heavy (non-hydrogen) atoms. The van der Waals surface area contributed by atoms with Crippen LogP contribution >= 0.6 is 30.8 Å². The monoisotopic (exact) mass is 288 g/mol. The van der Waals surface area contributed by atoms with E-state index in [1.165, 1.54) is 11.5 Å². The van der Waals surface area contributed by atoms with Gasteiger partial charge in [0.1, 0.15) is 0 Å². The number of rotatable bonds is 1. The third kappa shape index (κ3) is 3.42. The molecular formula is C8H17PS2Se. The van der Waals surface area contributed by atoms with Crippen molar-refractivity contribution in [1.29, 1.82) is 0 Å². The van der Waals surface area contributed by atoms with Gasteiger partial charge in [-0.1, -0.05) is 0 Å². The molecule has 0 aromatic carbocycles. The van der Waals surface area contributed by atoms with Crippen LogP contribution in [0.5, 0.6) is 0 Å². The third-order valence-corrected chi connectivity index (χ3v) is 11.2. The Morgan fingerprint density at radius 3 is 2.08 bits per heavy atom. The van der Waals surface area contributed by atoms with Gasteiger partial charge in [-0.25, -0.2) is 0 Å². The molecule has 1 saturated heterocycles. The molecule has 0 nitrogen and oxygen atoms in total. The van der Waals surface area contributed by atoms with Gasteiger partial charge in [0.2, 0.25) is 0 Å². The fourth-order valence-corrected chi connectivity index (χ4v) is 8.44. The maximum atomic E-state index is 3.21. The second-order valence-electron chi connectivity index (χ2n) is 4.23. The normalized spacial score (nSPS) is 33.0. The Morgan fingerprint density at radius 2 is 1.75 bits per heavy atom. The van der Waals surface area contributed by atoms with Crippen LogP contribution in [-0.4, -0.2) is 31.4 Å². The molecule has 4 heteroatoms. The Labute approximate surface area is 94.0 Å². The zero-order valence-corrected chi connectivity index (χ0v) is 12.4. The van der Waals surface area contributed by atoms with Crippen molar-refractivity contribution in [2.45, 2.75) is 25.1 Å². The Kier molecular flexibility index (Phi) is 4.82. The summed E-state index contributed by atoms with van der Waals surface area (Å²) >= 11 is 7.54. The van der Waals surface area contributed by atoms with E-state index in [9.17, 15) is 0 Å². The molecular weight excluding hydrogens is 270 g/mol. The van der Waals surface area contributed by atoms with Crippen molar-refractivity contribution in [2.75, 3.05) is 11.5 Å². The molecule has 0 aromatic heterocycles. The minimum atomic E-state index is 0.512. The quantitative estimate of drug-likeness (QED) is 0.537. The zero-order chi connectivity index (χ0) is 9.19. The van der Waals surface area contributed by atoms with Crippen LogP contribution < -0.4 is 0 Å². The van der Waals surface area contributed by atoms with Crippen LogP contribution in [0, 0.1) is 11.3 Å². The maximum absolute atomic E-state index is 3.21. The van der Waals surface area contributed by atoms with Crippen molar-refractivity contribution in [3.8, 4) is 0 Å². The second kappa shape index (κ2) is 4.94. The van der Waals surface area contributed by atoms with E-state index in [0.717, 1.165) is 10.2 Å². The average Bonchev–Trinajstić information content (AvgIpc) is 2.03. The Morgan fingerprint density at radius 1 is 1.25 bits per heavy atom. The number of hydrogen-bond donors (Lipinski definition) is 0. The molecule has 1 fully saturated rings. The van der Waals surface area contributed by atoms with Gasteiger partial charge in [0.15, 0.2) is 0 Å². The van der Waals surface area contributed by atoms with Crippen molar-refractivity contribution in [1.82, 2.24) is 0 Å². The molecule has 72 valence electrons. The summed E-state index contributed by atoms with van der Waals surface area (Å²) in [6.07, 6.45) is 0. The number of hydrogen-bond acceptors (Lipinski definition) is 2. The van der Waals surface area contributed by atoms with E-state index < -0.39 is 0 Å². The SMILES string of the molecule is CC(C)(C)C1CSC([PH2+][Se-])SC1. The van der Waals surface area contributed by atoms with Crippen LogP contribution in [-0.2, 0) is 0 Å². The molecule has 1 rings (SSSR count). The Bertz CT molecular complexity index is 138. The molecule has 1 unspecified atom stereocenters. The predicted octanol–water partition coefficient (Wildman–Crippen LogP) is 2.91. The van der Waals surface area contributed by atoms with Crippen molar-refractivity contribution in [3.63, 3.8) is 0 Å². The summed E-state index contributed by atoms with van der Waals surface area (Å²) in [4.78, 5) is 0. The molecule has 0 amide bonds. The molecule has 1 atom stereocenters. The van der Waals surface area contributed by atoms with Gasteiger partial charge in [-0.15, -0.1) is 0 Å². The van der Waals surface area contributed by atoms with Gasteiger partial charge in [0, 0.05) is 0 Å². The molecule has 0 N–H and O–H groups in total.